The molecule has 1 aromatic heterocycles. The van der Waals surface area contributed by atoms with Gasteiger partial charge in [-0.1, -0.05) is 48.9 Å². The van der Waals surface area contributed by atoms with Crippen molar-refractivity contribution in [3.8, 4) is 11.4 Å². The molecule has 0 saturated heterocycles. The second-order valence-corrected chi connectivity index (χ2v) is 7.01. The number of imidazole rings is 1. The molecule has 0 bridgehead atoms. The van der Waals surface area contributed by atoms with Crippen molar-refractivity contribution in [3.05, 3.63) is 83.4 Å². The maximum absolute atomic E-state index is 12.8. The number of nitrogens with one attached hydrogen (secondary N) is 1. The number of hydrogen-bond acceptors (Lipinski definition) is 2. The number of carbonyl (C=O) groups excluding carboxylic acids is 1. The Kier molecular flexibility index (Phi) is 5.13. The van der Waals surface area contributed by atoms with Crippen molar-refractivity contribution in [3.63, 3.8) is 0 Å². The number of para-hydroxylation sites is 3. The summed E-state index contributed by atoms with van der Waals surface area (Å²) in [7, 11) is 0. The molecule has 0 aliphatic rings. The summed E-state index contributed by atoms with van der Waals surface area (Å²) in [4.78, 5) is 17.6. The van der Waals surface area contributed by atoms with Gasteiger partial charge >= 0.3 is 0 Å². The largest absolute Gasteiger partial charge is 0.324 e. The number of hydrogen-bond donors (Lipinski definition) is 1. The van der Waals surface area contributed by atoms with Gasteiger partial charge in [0, 0.05) is 16.3 Å². The highest BCUT2D eigenvalue weighted by Gasteiger charge is 2.15. The van der Waals surface area contributed by atoms with E-state index in [2.05, 4.69) is 12.2 Å². The van der Waals surface area contributed by atoms with Crippen LogP contribution in [-0.4, -0.2) is 15.5 Å². The second-order valence-electron chi connectivity index (χ2n) is 6.58. The summed E-state index contributed by atoms with van der Waals surface area (Å²) >= 11 is 6.03. The molecule has 4 aromatic rings. The van der Waals surface area contributed by atoms with Gasteiger partial charge in [0.15, 0.2) is 0 Å². The Morgan fingerprint density at radius 1 is 1.00 bits per heavy atom. The fourth-order valence-corrected chi connectivity index (χ4v) is 3.46. The zero-order chi connectivity index (χ0) is 19.5. The molecular formula is C23H20ClN3O. The van der Waals surface area contributed by atoms with Crippen LogP contribution in [0.2, 0.25) is 5.02 Å². The van der Waals surface area contributed by atoms with Crippen molar-refractivity contribution >= 4 is 34.2 Å². The third kappa shape index (κ3) is 3.64. The van der Waals surface area contributed by atoms with Gasteiger partial charge in [-0.3, -0.25) is 4.79 Å². The summed E-state index contributed by atoms with van der Waals surface area (Å²) in [6.45, 7) is 2.25. The van der Waals surface area contributed by atoms with E-state index in [1.54, 1.807) is 0 Å². The Hall–Kier alpha value is -3.11. The molecule has 0 fully saturated rings. The average molecular weight is 390 g/mol. The molecule has 28 heavy (non-hydrogen) atoms. The lowest BCUT2D eigenvalue weighted by molar-refractivity contribution is -0.116. The van der Waals surface area contributed by atoms with E-state index in [0.717, 1.165) is 40.1 Å². The van der Waals surface area contributed by atoms with Crippen LogP contribution in [0.1, 0.15) is 12.5 Å². The SMILES string of the molecule is CCc1ccccc1NC(=O)Cn1c(-c2ccc(Cl)cc2)nc2ccccc21. The minimum absolute atomic E-state index is 0.0840. The highest BCUT2D eigenvalue weighted by molar-refractivity contribution is 6.30. The van der Waals surface area contributed by atoms with Crippen molar-refractivity contribution in [2.75, 3.05) is 5.32 Å². The van der Waals surface area contributed by atoms with E-state index < -0.39 is 0 Å². The van der Waals surface area contributed by atoms with E-state index in [9.17, 15) is 4.79 Å². The Bertz CT molecular complexity index is 1130. The number of benzene rings is 3. The number of aryl methyl sites for hydroxylation is 1. The summed E-state index contributed by atoms with van der Waals surface area (Å²) in [6, 6.07) is 23.2. The number of carbonyl (C=O) groups is 1. The molecule has 1 heterocycles. The minimum atomic E-state index is -0.0840. The van der Waals surface area contributed by atoms with Gasteiger partial charge in [-0.25, -0.2) is 4.98 Å². The predicted octanol–water partition coefficient (Wildman–Crippen LogP) is 5.56. The maximum Gasteiger partial charge on any atom is 0.244 e. The molecular weight excluding hydrogens is 370 g/mol. The van der Waals surface area contributed by atoms with Crippen LogP contribution >= 0.6 is 11.6 Å². The lowest BCUT2D eigenvalue weighted by Gasteiger charge is -2.12. The summed E-state index contributed by atoms with van der Waals surface area (Å²) in [5.41, 5.74) is 4.67. The molecule has 1 amide bonds. The van der Waals surface area contributed by atoms with Crippen molar-refractivity contribution in [2.45, 2.75) is 19.9 Å². The van der Waals surface area contributed by atoms with Gasteiger partial charge in [0.2, 0.25) is 5.91 Å². The molecule has 0 atom stereocenters. The molecule has 0 unspecified atom stereocenters. The number of rotatable bonds is 5. The minimum Gasteiger partial charge on any atom is -0.324 e. The van der Waals surface area contributed by atoms with Gasteiger partial charge < -0.3 is 9.88 Å². The molecule has 0 spiro atoms. The standard InChI is InChI=1S/C23H20ClN3O/c1-2-16-7-3-4-8-19(16)25-22(28)15-27-21-10-6-5-9-20(21)26-23(27)17-11-13-18(24)14-12-17/h3-14H,2,15H2,1H3,(H,25,28). The van der Waals surface area contributed by atoms with Crippen molar-refractivity contribution in [1.29, 1.82) is 0 Å². The second kappa shape index (κ2) is 7.87. The Labute approximate surface area is 168 Å². The Morgan fingerprint density at radius 2 is 1.71 bits per heavy atom. The van der Waals surface area contributed by atoms with Gasteiger partial charge in [0.1, 0.15) is 12.4 Å². The monoisotopic (exact) mass is 389 g/mol. The zero-order valence-electron chi connectivity index (χ0n) is 15.5. The van der Waals surface area contributed by atoms with Crippen LogP contribution in [0.4, 0.5) is 5.69 Å². The molecule has 5 heteroatoms. The molecule has 0 aliphatic carbocycles. The average Bonchev–Trinajstić information content (AvgIpc) is 3.07. The van der Waals surface area contributed by atoms with Crippen LogP contribution in [0.25, 0.3) is 22.4 Å². The molecule has 0 aliphatic heterocycles. The first-order chi connectivity index (χ1) is 13.7. The van der Waals surface area contributed by atoms with E-state index in [-0.39, 0.29) is 12.5 Å². The predicted molar refractivity (Wildman–Crippen MR) is 115 cm³/mol. The fraction of sp³-hybridized carbons (Fsp3) is 0.130. The molecule has 1 N–H and O–H groups in total. The van der Waals surface area contributed by atoms with E-state index in [1.807, 2.05) is 77.4 Å². The van der Waals surface area contributed by atoms with Crippen LogP contribution in [0.15, 0.2) is 72.8 Å². The molecule has 0 radical (unpaired) electrons. The van der Waals surface area contributed by atoms with E-state index in [1.165, 1.54) is 0 Å². The number of nitrogens with zero attached hydrogens (tertiary/aromatic N) is 2. The molecule has 4 rings (SSSR count). The lowest BCUT2D eigenvalue weighted by atomic mass is 10.1. The molecule has 140 valence electrons. The number of amides is 1. The van der Waals surface area contributed by atoms with Gasteiger partial charge in [0.05, 0.1) is 11.0 Å². The first-order valence-electron chi connectivity index (χ1n) is 9.24. The molecule has 0 saturated carbocycles. The van der Waals surface area contributed by atoms with Crippen LogP contribution in [-0.2, 0) is 17.8 Å². The van der Waals surface area contributed by atoms with Crippen LogP contribution in [0.5, 0.6) is 0 Å². The summed E-state index contributed by atoms with van der Waals surface area (Å²) in [5.74, 6) is 0.663. The van der Waals surface area contributed by atoms with Gasteiger partial charge in [-0.05, 0) is 54.4 Å². The fourth-order valence-electron chi connectivity index (χ4n) is 3.34. The first-order valence-corrected chi connectivity index (χ1v) is 9.62. The highest BCUT2D eigenvalue weighted by Crippen LogP contribution is 2.26. The third-order valence-electron chi connectivity index (χ3n) is 4.73. The molecule has 3 aromatic carbocycles. The number of halogens is 1. The van der Waals surface area contributed by atoms with Gasteiger partial charge in [-0.15, -0.1) is 0 Å². The van der Waals surface area contributed by atoms with E-state index in [4.69, 9.17) is 16.6 Å². The summed E-state index contributed by atoms with van der Waals surface area (Å²) in [5, 5.41) is 3.71. The first kappa shape index (κ1) is 18.3. The van der Waals surface area contributed by atoms with Crippen LogP contribution in [0, 0.1) is 0 Å². The normalized spacial score (nSPS) is 10.9. The van der Waals surface area contributed by atoms with Gasteiger partial charge in [0.25, 0.3) is 0 Å². The summed E-state index contributed by atoms with van der Waals surface area (Å²) in [6.07, 6.45) is 0.862. The van der Waals surface area contributed by atoms with E-state index >= 15 is 0 Å². The molecule has 4 nitrogen and oxygen atoms in total. The number of aromatic nitrogens is 2. The van der Waals surface area contributed by atoms with Crippen molar-refractivity contribution in [1.82, 2.24) is 9.55 Å². The smallest absolute Gasteiger partial charge is 0.244 e. The van der Waals surface area contributed by atoms with Crippen molar-refractivity contribution < 1.29 is 4.79 Å². The van der Waals surface area contributed by atoms with Crippen LogP contribution in [0.3, 0.4) is 0 Å². The summed E-state index contributed by atoms with van der Waals surface area (Å²) < 4.78 is 1.95. The van der Waals surface area contributed by atoms with Gasteiger partial charge in [-0.2, -0.15) is 0 Å². The van der Waals surface area contributed by atoms with Crippen LogP contribution < -0.4 is 5.32 Å². The Morgan fingerprint density at radius 3 is 2.50 bits per heavy atom. The van der Waals surface area contributed by atoms with E-state index in [0.29, 0.717) is 5.02 Å². The third-order valence-corrected chi connectivity index (χ3v) is 4.98. The van der Waals surface area contributed by atoms with Crippen molar-refractivity contribution in [2.24, 2.45) is 0 Å². The zero-order valence-corrected chi connectivity index (χ0v) is 16.3. The topological polar surface area (TPSA) is 46.9 Å². The Balaban J connectivity index is 1.70. The number of anilines is 1. The highest BCUT2D eigenvalue weighted by atomic mass is 35.5. The lowest BCUT2D eigenvalue weighted by Crippen LogP contribution is -2.20. The quantitative estimate of drug-likeness (QED) is 0.486. The maximum atomic E-state index is 12.8. The number of fused-ring (bicyclic) bond motifs is 1.